The van der Waals surface area contributed by atoms with Crippen LogP contribution in [-0.2, 0) is 10.0 Å². The Morgan fingerprint density at radius 2 is 1.90 bits per heavy atom. The molecule has 0 saturated carbocycles. The van der Waals surface area contributed by atoms with Gasteiger partial charge in [0.25, 0.3) is 0 Å². The molecule has 2 rings (SSSR count). The molecule has 6 heteroatoms. The fraction of sp³-hybridized carbons (Fsp3) is 0.571. The molecule has 112 valence electrons. The number of nitrogens with two attached hydrogens (primary N) is 1. The highest BCUT2D eigenvalue weighted by atomic mass is 32.2. The van der Waals surface area contributed by atoms with Gasteiger partial charge in [0, 0.05) is 13.1 Å². The van der Waals surface area contributed by atoms with Crippen LogP contribution in [0, 0.1) is 25.1 Å². The molecule has 1 fully saturated rings. The van der Waals surface area contributed by atoms with Crippen molar-refractivity contribution in [2.24, 2.45) is 11.1 Å². The van der Waals surface area contributed by atoms with Gasteiger partial charge < -0.3 is 5.73 Å². The highest BCUT2D eigenvalue weighted by Crippen LogP contribution is 2.33. The van der Waals surface area contributed by atoms with E-state index in [1.165, 1.54) is 16.4 Å². The zero-order chi connectivity index (χ0) is 15.1. The summed E-state index contributed by atoms with van der Waals surface area (Å²) < 4.78 is 40.3. The van der Waals surface area contributed by atoms with E-state index in [0.717, 1.165) is 6.42 Å². The highest BCUT2D eigenvalue weighted by Gasteiger charge is 2.39. The maximum atomic E-state index is 13.6. The van der Waals surface area contributed by atoms with Crippen LogP contribution in [0.15, 0.2) is 17.0 Å². The first-order chi connectivity index (χ1) is 9.19. The van der Waals surface area contributed by atoms with E-state index in [1.54, 1.807) is 13.8 Å². The van der Waals surface area contributed by atoms with Gasteiger partial charge >= 0.3 is 0 Å². The number of hydrogen-bond donors (Lipinski definition) is 1. The minimum Gasteiger partial charge on any atom is -0.330 e. The summed E-state index contributed by atoms with van der Waals surface area (Å²) in [6.45, 7) is 6.49. The lowest BCUT2D eigenvalue weighted by atomic mass is 9.90. The summed E-state index contributed by atoms with van der Waals surface area (Å²) in [4.78, 5) is 0.162. The van der Waals surface area contributed by atoms with E-state index in [0.29, 0.717) is 30.8 Å². The minimum atomic E-state index is -3.57. The zero-order valence-electron chi connectivity index (χ0n) is 12.1. The molecule has 1 aliphatic rings. The van der Waals surface area contributed by atoms with Crippen molar-refractivity contribution in [1.29, 1.82) is 0 Å². The molecule has 0 aromatic heterocycles. The summed E-state index contributed by atoms with van der Waals surface area (Å²) in [7, 11) is -3.57. The number of rotatable bonds is 3. The van der Waals surface area contributed by atoms with Gasteiger partial charge in [0.05, 0.1) is 4.90 Å². The Hall–Kier alpha value is -0.980. The first-order valence-electron chi connectivity index (χ1n) is 6.67. The molecule has 20 heavy (non-hydrogen) atoms. The molecule has 1 saturated heterocycles. The van der Waals surface area contributed by atoms with Crippen LogP contribution in [-0.4, -0.2) is 32.4 Å². The van der Waals surface area contributed by atoms with Crippen molar-refractivity contribution in [3.8, 4) is 0 Å². The van der Waals surface area contributed by atoms with Gasteiger partial charge in [0.2, 0.25) is 10.0 Å². The van der Waals surface area contributed by atoms with E-state index < -0.39 is 10.0 Å². The van der Waals surface area contributed by atoms with E-state index in [9.17, 15) is 12.8 Å². The second kappa shape index (κ2) is 5.09. The molecule has 1 aliphatic heterocycles. The number of sulfonamides is 1. The second-order valence-electron chi connectivity index (χ2n) is 5.97. The van der Waals surface area contributed by atoms with E-state index in [4.69, 9.17) is 5.73 Å². The van der Waals surface area contributed by atoms with Gasteiger partial charge in [-0.05, 0) is 55.5 Å². The third-order valence-electron chi connectivity index (χ3n) is 4.06. The fourth-order valence-electron chi connectivity index (χ4n) is 2.55. The zero-order valence-corrected chi connectivity index (χ0v) is 12.9. The maximum absolute atomic E-state index is 13.6. The molecule has 2 N–H and O–H groups in total. The number of aryl methyl sites for hydroxylation is 2. The summed E-state index contributed by atoms with van der Waals surface area (Å²) in [5, 5.41) is 0. The number of hydrogen-bond acceptors (Lipinski definition) is 3. The monoisotopic (exact) mass is 300 g/mol. The molecule has 4 nitrogen and oxygen atoms in total. The second-order valence-corrected chi connectivity index (χ2v) is 7.91. The summed E-state index contributed by atoms with van der Waals surface area (Å²) in [5.74, 6) is -0.350. The van der Waals surface area contributed by atoms with Crippen molar-refractivity contribution < 1.29 is 12.8 Å². The largest absolute Gasteiger partial charge is 0.330 e. The maximum Gasteiger partial charge on any atom is 0.243 e. The molecule has 0 spiro atoms. The van der Waals surface area contributed by atoms with Gasteiger partial charge in [0.1, 0.15) is 5.82 Å². The minimum absolute atomic E-state index is 0.162. The first kappa shape index (κ1) is 15.4. The average Bonchev–Trinajstić information content (AvgIpc) is 2.79. The lowest BCUT2D eigenvalue weighted by Crippen LogP contribution is -2.34. The normalized spacial score (nSPS) is 24.2. The van der Waals surface area contributed by atoms with Crippen LogP contribution in [0.25, 0.3) is 0 Å². The Balaban J connectivity index is 2.37. The number of halogens is 1. The number of nitrogens with zero attached hydrogens (tertiary/aromatic N) is 1. The smallest absolute Gasteiger partial charge is 0.243 e. The van der Waals surface area contributed by atoms with Crippen LogP contribution in [0.5, 0.6) is 0 Å². The lowest BCUT2D eigenvalue weighted by Gasteiger charge is -2.22. The van der Waals surface area contributed by atoms with Gasteiger partial charge in [0.15, 0.2) is 0 Å². The van der Waals surface area contributed by atoms with Crippen molar-refractivity contribution in [1.82, 2.24) is 4.31 Å². The molecule has 0 radical (unpaired) electrons. The highest BCUT2D eigenvalue weighted by molar-refractivity contribution is 7.89. The van der Waals surface area contributed by atoms with Crippen molar-refractivity contribution in [3.63, 3.8) is 0 Å². The fourth-order valence-corrected chi connectivity index (χ4v) is 4.32. The van der Waals surface area contributed by atoms with Gasteiger partial charge in [-0.3, -0.25) is 0 Å². The van der Waals surface area contributed by atoms with Gasteiger partial charge in [-0.15, -0.1) is 0 Å². The van der Waals surface area contributed by atoms with Crippen LogP contribution in [0.3, 0.4) is 0 Å². The van der Waals surface area contributed by atoms with E-state index in [-0.39, 0.29) is 16.1 Å². The predicted molar refractivity (Wildman–Crippen MR) is 76.4 cm³/mol. The van der Waals surface area contributed by atoms with Crippen LogP contribution in [0.2, 0.25) is 0 Å². The van der Waals surface area contributed by atoms with Crippen LogP contribution >= 0.6 is 0 Å². The predicted octanol–water partition coefficient (Wildman–Crippen LogP) is 1.80. The Bertz CT molecular complexity index is 607. The molecule has 0 bridgehead atoms. The van der Waals surface area contributed by atoms with E-state index >= 15 is 0 Å². The quantitative estimate of drug-likeness (QED) is 0.926. The molecule has 0 aliphatic carbocycles. The first-order valence-corrected chi connectivity index (χ1v) is 8.11. The Labute approximate surface area is 119 Å². The lowest BCUT2D eigenvalue weighted by molar-refractivity contribution is 0.349. The molecule has 0 amide bonds. The molecule has 1 aromatic carbocycles. The average molecular weight is 300 g/mol. The van der Waals surface area contributed by atoms with Crippen molar-refractivity contribution in [2.75, 3.05) is 19.6 Å². The van der Waals surface area contributed by atoms with Crippen LogP contribution in [0.1, 0.15) is 24.5 Å². The topological polar surface area (TPSA) is 63.4 Å². The van der Waals surface area contributed by atoms with Gasteiger partial charge in [-0.25, -0.2) is 12.8 Å². The van der Waals surface area contributed by atoms with Gasteiger partial charge in [-0.1, -0.05) is 6.92 Å². The third kappa shape index (κ3) is 2.60. The summed E-state index contributed by atoms with van der Waals surface area (Å²) in [6.07, 6.45) is 0.752. The molecule has 1 unspecified atom stereocenters. The molecule has 1 aromatic rings. The Kier molecular flexibility index (Phi) is 3.92. The summed E-state index contributed by atoms with van der Waals surface area (Å²) in [6, 6.07) is 2.80. The SMILES string of the molecule is Cc1cc(S(=O)(=O)N2CCC(C)(CN)C2)cc(C)c1F. The summed E-state index contributed by atoms with van der Waals surface area (Å²) >= 11 is 0. The van der Waals surface area contributed by atoms with Crippen LogP contribution < -0.4 is 5.73 Å². The van der Waals surface area contributed by atoms with E-state index in [2.05, 4.69) is 0 Å². The van der Waals surface area contributed by atoms with E-state index in [1.807, 2.05) is 6.92 Å². The molecule has 1 heterocycles. The van der Waals surface area contributed by atoms with Crippen molar-refractivity contribution >= 4 is 10.0 Å². The Morgan fingerprint density at radius 1 is 1.35 bits per heavy atom. The molecular weight excluding hydrogens is 279 g/mol. The number of benzene rings is 1. The van der Waals surface area contributed by atoms with Crippen LogP contribution in [0.4, 0.5) is 4.39 Å². The summed E-state index contributed by atoms with van der Waals surface area (Å²) in [5.41, 5.74) is 6.24. The molecule has 1 atom stereocenters. The third-order valence-corrected chi connectivity index (χ3v) is 5.89. The standard InChI is InChI=1S/C14H21FN2O2S/c1-10-6-12(7-11(2)13(10)15)20(18,19)17-5-4-14(3,8-16)9-17/h6-7H,4-5,8-9,16H2,1-3H3. The molecular formula is C14H21FN2O2S. The van der Waals surface area contributed by atoms with Gasteiger partial charge in [-0.2, -0.15) is 4.31 Å². The Morgan fingerprint density at radius 3 is 2.35 bits per heavy atom. The van der Waals surface area contributed by atoms with Crippen molar-refractivity contribution in [2.45, 2.75) is 32.1 Å². The van der Waals surface area contributed by atoms with Crippen molar-refractivity contribution in [3.05, 3.63) is 29.1 Å².